The van der Waals surface area contributed by atoms with Crippen molar-refractivity contribution in [3.05, 3.63) is 22.7 Å². The predicted molar refractivity (Wildman–Crippen MR) is 79.1 cm³/mol. The van der Waals surface area contributed by atoms with Gasteiger partial charge in [0.1, 0.15) is 11.3 Å². The molecule has 0 saturated carbocycles. The standard InChI is InChI=1S/C14H16N2O4S/c1-18-10-3-2-9(8-6-19-4-5-20-7-8)12-11(10)16-14(21-12)13(15)17/h2-3,8H,4-7H2,1H3,(H2,15,17). The average molecular weight is 308 g/mol. The van der Waals surface area contributed by atoms with Crippen LogP contribution in [0, 0.1) is 0 Å². The van der Waals surface area contributed by atoms with E-state index in [1.54, 1.807) is 7.11 Å². The summed E-state index contributed by atoms with van der Waals surface area (Å²) in [5.74, 6) is 0.215. The molecule has 1 aliphatic rings. The van der Waals surface area contributed by atoms with Gasteiger partial charge in [-0.2, -0.15) is 0 Å². The number of carbonyl (C=O) groups excluding carboxylic acids is 1. The molecule has 1 amide bonds. The van der Waals surface area contributed by atoms with Crippen LogP contribution < -0.4 is 10.5 Å². The third kappa shape index (κ3) is 2.72. The molecule has 1 aliphatic heterocycles. The van der Waals surface area contributed by atoms with E-state index < -0.39 is 5.91 Å². The summed E-state index contributed by atoms with van der Waals surface area (Å²) < 4.78 is 17.3. The normalized spacial score (nSPS) is 16.8. The lowest BCUT2D eigenvalue weighted by molar-refractivity contribution is 0.1000. The molecule has 2 aromatic rings. The molecule has 21 heavy (non-hydrogen) atoms. The molecule has 0 unspecified atom stereocenters. The van der Waals surface area contributed by atoms with E-state index in [4.69, 9.17) is 19.9 Å². The summed E-state index contributed by atoms with van der Waals surface area (Å²) in [4.78, 5) is 15.7. The Balaban J connectivity index is 2.11. The number of primary amides is 1. The molecule has 1 aromatic carbocycles. The van der Waals surface area contributed by atoms with Crippen LogP contribution in [0.25, 0.3) is 10.2 Å². The molecule has 0 spiro atoms. The fourth-order valence-corrected chi connectivity index (χ4v) is 3.42. The topological polar surface area (TPSA) is 83.7 Å². The number of ether oxygens (including phenoxy) is 3. The molecule has 1 aromatic heterocycles. The highest BCUT2D eigenvalue weighted by Gasteiger charge is 2.22. The lowest BCUT2D eigenvalue weighted by Gasteiger charge is -2.15. The Hall–Kier alpha value is -1.70. The second-order valence-electron chi connectivity index (χ2n) is 4.76. The van der Waals surface area contributed by atoms with Gasteiger partial charge in [-0.15, -0.1) is 11.3 Å². The highest BCUT2D eigenvalue weighted by atomic mass is 32.1. The maximum Gasteiger partial charge on any atom is 0.277 e. The van der Waals surface area contributed by atoms with Crippen molar-refractivity contribution < 1.29 is 19.0 Å². The SMILES string of the molecule is COc1ccc(C2COCCOC2)c2sc(C(N)=O)nc12. The number of benzene rings is 1. The first-order valence-corrected chi connectivity index (χ1v) is 7.45. The van der Waals surface area contributed by atoms with Crippen molar-refractivity contribution in [3.8, 4) is 5.75 Å². The Morgan fingerprint density at radius 1 is 1.38 bits per heavy atom. The molecule has 2 N–H and O–H groups in total. The molecule has 0 radical (unpaired) electrons. The van der Waals surface area contributed by atoms with E-state index in [1.165, 1.54) is 11.3 Å². The van der Waals surface area contributed by atoms with E-state index in [0.29, 0.717) is 37.7 Å². The zero-order chi connectivity index (χ0) is 14.8. The van der Waals surface area contributed by atoms with Gasteiger partial charge in [0, 0.05) is 5.92 Å². The summed E-state index contributed by atoms with van der Waals surface area (Å²) in [5.41, 5.74) is 7.06. The van der Waals surface area contributed by atoms with E-state index in [9.17, 15) is 4.79 Å². The highest BCUT2D eigenvalue weighted by molar-refractivity contribution is 7.20. The van der Waals surface area contributed by atoms with Gasteiger partial charge in [-0.05, 0) is 11.6 Å². The van der Waals surface area contributed by atoms with Gasteiger partial charge in [-0.3, -0.25) is 4.79 Å². The summed E-state index contributed by atoms with van der Waals surface area (Å²) >= 11 is 1.29. The number of thiazole rings is 1. The Morgan fingerprint density at radius 3 is 2.71 bits per heavy atom. The lowest BCUT2D eigenvalue weighted by atomic mass is 10.0. The van der Waals surface area contributed by atoms with Crippen molar-refractivity contribution in [2.45, 2.75) is 5.92 Å². The van der Waals surface area contributed by atoms with Crippen molar-refractivity contribution in [1.29, 1.82) is 0 Å². The zero-order valence-electron chi connectivity index (χ0n) is 11.6. The number of aromatic nitrogens is 1. The van der Waals surface area contributed by atoms with Gasteiger partial charge in [0.25, 0.3) is 5.91 Å². The number of methoxy groups -OCH3 is 1. The highest BCUT2D eigenvalue weighted by Crippen LogP contribution is 2.36. The molecule has 0 bridgehead atoms. The van der Waals surface area contributed by atoms with E-state index in [-0.39, 0.29) is 10.9 Å². The van der Waals surface area contributed by atoms with Gasteiger partial charge >= 0.3 is 0 Å². The molecule has 2 heterocycles. The molecule has 1 fully saturated rings. The van der Waals surface area contributed by atoms with Gasteiger partial charge in [-0.25, -0.2) is 4.98 Å². The van der Waals surface area contributed by atoms with Gasteiger partial charge < -0.3 is 19.9 Å². The molecule has 6 nitrogen and oxygen atoms in total. The number of carbonyl (C=O) groups is 1. The molecular formula is C14H16N2O4S. The number of nitrogens with zero attached hydrogens (tertiary/aromatic N) is 1. The van der Waals surface area contributed by atoms with Crippen LogP contribution >= 0.6 is 11.3 Å². The summed E-state index contributed by atoms with van der Waals surface area (Å²) in [5, 5.41) is 0.284. The maximum atomic E-state index is 11.4. The Kier molecular flexibility index (Phi) is 4.05. The number of hydrogen-bond acceptors (Lipinski definition) is 6. The Morgan fingerprint density at radius 2 is 2.10 bits per heavy atom. The molecule has 3 rings (SSSR count). The zero-order valence-corrected chi connectivity index (χ0v) is 12.4. The van der Waals surface area contributed by atoms with E-state index in [1.807, 2.05) is 12.1 Å². The van der Waals surface area contributed by atoms with Crippen molar-refractivity contribution >= 4 is 27.5 Å². The molecular weight excluding hydrogens is 292 g/mol. The maximum absolute atomic E-state index is 11.4. The number of fused-ring (bicyclic) bond motifs is 1. The Bertz CT molecular complexity index is 662. The number of hydrogen-bond donors (Lipinski definition) is 1. The van der Waals surface area contributed by atoms with E-state index >= 15 is 0 Å². The fourth-order valence-electron chi connectivity index (χ4n) is 2.39. The fraction of sp³-hybridized carbons (Fsp3) is 0.429. The molecule has 1 saturated heterocycles. The summed E-state index contributed by atoms with van der Waals surface area (Å²) in [6.45, 7) is 2.38. The minimum absolute atomic E-state index is 0.113. The smallest absolute Gasteiger partial charge is 0.277 e. The van der Waals surface area contributed by atoms with E-state index in [2.05, 4.69) is 4.98 Å². The third-order valence-corrected chi connectivity index (χ3v) is 4.54. The predicted octanol–water partition coefficient (Wildman–Crippen LogP) is 1.53. The van der Waals surface area contributed by atoms with Gasteiger partial charge in [-0.1, -0.05) is 6.07 Å². The molecule has 112 valence electrons. The first-order chi connectivity index (χ1) is 10.2. The van der Waals surface area contributed by atoms with Crippen LogP contribution in [0.15, 0.2) is 12.1 Å². The van der Waals surface area contributed by atoms with Crippen LogP contribution in [0.3, 0.4) is 0 Å². The van der Waals surface area contributed by atoms with Crippen molar-refractivity contribution in [1.82, 2.24) is 4.98 Å². The second kappa shape index (κ2) is 5.97. The van der Waals surface area contributed by atoms with Crippen LogP contribution in [-0.4, -0.2) is 44.4 Å². The quantitative estimate of drug-likeness (QED) is 0.929. The van der Waals surface area contributed by atoms with Gasteiger partial charge in [0.2, 0.25) is 0 Å². The third-order valence-electron chi connectivity index (χ3n) is 3.42. The minimum atomic E-state index is -0.530. The minimum Gasteiger partial charge on any atom is -0.494 e. The van der Waals surface area contributed by atoms with Crippen LogP contribution in [0.1, 0.15) is 21.3 Å². The van der Waals surface area contributed by atoms with Crippen molar-refractivity contribution in [2.24, 2.45) is 5.73 Å². The summed E-state index contributed by atoms with van der Waals surface area (Å²) in [7, 11) is 1.58. The van der Waals surface area contributed by atoms with Crippen molar-refractivity contribution in [3.63, 3.8) is 0 Å². The monoisotopic (exact) mass is 308 g/mol. The molecule has 0 aliphatic carbocycles. The number of rotatable bonds is 3. The number of nitrogens with two attached hydrogens (primary N) is 1. The summed E-state index contributed by atoms with van der Waals surface area (Å²) in [6.07, 6.45) is 0. The molecule has 0 atom stereocenters. The average Bonchev–Trinajstić information content (AvgIpc) is 2.76. The van der Waals surface area contributed by atoms with Gasteiger partial charge in [0.15, 0.2) is 5.01 Å². The first kappa shape index (κ1) is 14.2. The van der Waals surface area contributed by atoms with Crippen molar-refractivity contribution in [2.75, 3.05) is 33.5 Å². The van der Waals surface area contributed by atoms with Crippen LogP contribution in [0.5, 0.6) is 5.75 Å². The summed E-state index contributed by atoms with van der Waals surface area (Å²) in [6, 6.07) is 3.83. The number of amides is 1. The van der Waals surface area contributed by atoms with Crippen LogP contribution in [0.2, 0.25) is 0 Å². The molecule has 7 heteroatoms. The Labute approximate surface area is 125 Å². The first-order valence-electron chi connectivity index (χ1n) is 6.63. The largest absolute Gasteiger partial charge is 0.494 e. The van der Waals surface area contributed by atoms with Crippen LogP contribution in [-0.2, 0) is 9.47 Å². The van der Waals surface area contributed by atoms with E-state index in [0.717, 1.165) is 10.3 Å². The lowest BCUT2D eigenvalue weighted by Crippen LogP contribution is -2.10. The van der Waals surface area contributed by atoms with Crippen LogP contribution in [0.4, 0.5) is 0 Å². The second-order valence-corrected chi connectivity index (χ2v) is 5.76. The van der Waals surface area contributed by atoms with Gasteiger partial charge in [0.05, 0.1) is 38.2 Å².